The number of hydrogen-bond acceptors (Lipinski definition) is 5. The molecule has 3 rings (SSSR count). The summed E-state index contributed by atoms with van der Waals surface area (Å²) in [6, 6.07) is 11.6. The largest absolute Gasteiger partial charge is 0.419 e. The van der Waals surface area contributed by atoms with E-state index in [2.05, 4.69) is 16.3 Å². The summed E-state index contributed by atoms with van der Waals surface area (Å²) in [4.78, 5) is 27.4. The van der Waals surface area contributed by atoms with Crippen molar-refractivity contribution < 1.29 is 9.21 Å². The monoisotopic (exact) mass is 373 g/mol. The molecule has 3 aromatic rings. The van der Waals surface area contributed by atoms with E-state index in [0.717, 1.165) is 5.52 Å². The molecule has 0 saturated heterocycles. The molecule has 1 amide bonds. The molecule has 0 aliphatic rings. The zero-order chi connectivity index (χ0) is 18.5. The lowest BCUT2D eigenvalue weighted by atomic mass is 10.2. The van der Waals surface area contributed by atoms with Crippen LogP contribution in [0.15, 0.2) is 51.0 Å². The zero-order valence-electron chi connectivity index (χ0n) is 15.0. The molecule has 0 saturated carbocycles. The molecule has 138 valence electrons. The van der Waals surface area contributed by atoms with E-state index < -0.39 is 0 Å². The first-order valence-corrected chi connectivity index (χ1v) is 9.49. The maximum absolute atomic E-state index is 12.2. The average molecular weight is 373 g/mol. The Hall–Kier alpha value is -2.38. The maximum Gasteiger partial charge on any atom is 0.419 e. The number of aromatic nitrogens is 1. The van der Waals surface area contributed by atoms with Gasteiger partial charge in [0.25, 0.3) is 0 Å². The molecule has 0 unspecified atom stereocenters. The van der Waals surface area contributed by atoms with Crippen molar-refractivity contribution in [2.24, 2.45) is 0 Å². The summed E-state index contributed by atoms with van der Waals surface area (Å²) in [5.41, 5.74) is 1.34. The van der Waals surface area contributed by atoms with Crippen LogP contribution in [-0.2, 0) is 11.3 Å². The molecule has 0 aliphatic carbocycles. The topological polar surface area (TPSA) is 67.5 Å². The number of carbonyl (C=O) groups is 1. The normalized spacial score (nSPS) is 12.6. The first-order valence-electron chi connectivity index (χ1n) is 8.61. The quantitative estimate of drug-likeness (QED) is 0.659. The minimum absolute atomic E-state index is 0.00532. The van der Waals surface area contributed by atoms with Gasteiger partial charge in [0.1, 0.15) is 0 Å². The fourth-order valence-electron chi connectivity index (χ4n) is 2.94. The highest BCUT2D eigenvalue weighted by atomic mass is 32.1. The summed E-state index contributed by atoms with van der Waals surface area (Å²) in [6.07, 6.45) is 0.956. The molecule has 7 heteroatoms. The van der Waals surface area contributed by atoms with E-state index in [1.807, 2.05) is 43.7 Å². The van der Waals surface area contributed by atoms with Crippen LogP contribution in [-0.4, -0.2) is 36.0 Å². The third kappa shape index (κ3) is 4.23. The molecule has 1 atom stereocenters. The Kier molecular flexibility index (Phi) is 5.90. The SMILES string of the molecule is CN(C)[C@H](CNC(=O)CCCn1c(=O)oc2ccccc21)c1cccs1. The summed E-state index contributed by atoms with van der Waals surface area (Å²) >= 11 is 1.69. The second-order valence-corrected chi connectivity index (χ2v) is 7.37. The van der Waals surface area contributed by atoms with Crippen molar-refractivity contribution in [2.75, 3.05) is 20.6 Å². The Morgan fingerprint density at radius 3 is 2.81 bits per heavy atom. The lowest BCUT2D eigenvalue weighted by Crippen LogP contribution is -2.34. The third-order valence-electron chi connectivity index (χ3n) is 4.35. The number of nitrogens with one attached hydrogen (secondary N) is 1. The van der Waals surface area contributed by atoms with Gasteiger partial charge in [0.2, 0.25) is 5.91 Å². The van der Waals surface area contributed by atoms with Gasteiger partial charge >= 0.3 is 5.76 Å². The van der Waals surface area contributed by atoms with E-state index in [1.54, 1.807) is 22.0 Å². The van der Waals surface area contributed by atoms with Crippen molar-refractivity contribution in [1.82, 2.24) is 14.8 Å². The standard InChI is InChI=1S/C19H23N3O3S/c1-21(2)15(17-9-6-12-26-17)13-20-18(23)10-5-11-22-14-7-3-4-8-16(14)25-19(22)24/h3-4,6-9,12,15H,5,10-11,13H2,1-2H3,(H,20,23)/t15-/m1/s1. The molecule has 0 fully saturated rings. The Morgan fingerprint density at radius 1 is 1.27 bits per heavy atom. The number of benzene rings is 1. The minimum atomic E-state index is -0.378. The van der Waals surface area contributed by atoms with Gasteiger partial charge in [0.15, 0.2) is 5.58 Å². The summed E-state index contributed by atoms with van der Waals surface area (Å²) in [5.74, 6) is -0.383. The van der Waals surface area contributed by atoms with Gasteiger partial charge in [-0.05, 0) is 44.1 Å². The molecule has 0 radical (unpaired) electrons. The molecule has 2 heterocycles. The van der Waals surface area contributed by atoms with Crippen molar-refractivity contribution in [2.45, 2.75) is 25.4 Å². The van der Waals surface area contributed by atoms with Crippen molar-refractivity contribution in [3.8, 4) is 0 Å². The second-order valence-electron chi connectivity index (χ2n) is 6.39. The highest BCUT2D eigenvalue weighted by Crippen LogP contribution is 2.22. The van der Waals surface area contributed by atoms with Crippen molar-refractivity contribution in [1.29, 1.82) is 0 Å². The zero-order valence-corrected chi connectivity index (χ0v) is 15.8. The van der Waals surface area contributed by atoms with Gasteiger partial charge in [0, 0.05) is 24.4 Å². The van der Waals surface area contributed by atoms with Crippen LogP contribution in [0.25, 0.3) is 11.1 Å². The molecular formula is C19H23N3O3S. The fourth-order valence-corrected chi connectivity index (χ4v) is 3.86. The summed E-state index contributed by atoms with van der Waals surface area (Å²) in [6.45, 7) is 1.03. The summed E-state index contributed by atoms with van der Waals surface area (Å²) in [7, 11) is 4.01. The van der Waals surface area contributed by atoms with Gasteiger partial charge < -0.3 is 14.6 Å². The molecule has 2 aromatic heterocycles. The Labute approximate surface area is 156 Å². The third-order valence-corrected chi connectivity index (χ3v) is 5.32. The maximum atomic E-state index is 12.2. The van der Waals surface area contributed by atoms with Crippen LogP contribution in [0.3, 0.4) is 0 Å². The Balaban J connectivity index is 1.51. The van der Waals surface area contributed by atoms with Crippen molar-refractivity contribution in [3.63, 3.8) is 0 Å². The van der Waals surface area contributed by atoms with Crippen LogP contribution in [0.4, 0.5) is 0 Å². The van der Waals surface area contributed by atoms with Gasteiger partial charge in [-0.15, -0.1) is 11.3 Å². The predicted molar refractivity (Wildman–Crippen MR) is 103 cm³/mol. The molecule has 1 N–H and O–H groups in total. The lowest BCUT2D eigenvalue weighted by molar-refractivity contribution is -0.121. The molecule has 0 aliphatic heterocycles. The first kappa shape index (κ1) is 18.4. The van der Waals surface area contributed by atoms with Crippen LogP contribution < -0.4 is 11.1 Å². The molecule has 26 heavy (non-hydrogen) atoms. The number of fused-ring (bicyclic) bond motifs is 1. The van der Waals surface area contributed by atoms with Gasteiger partial charge in [-0.1, -0.05) is 18.2 Å². The van der Waals surface area contributed by atoms with Gasteiger partial charge in [-0.25, -0.2) is 4.79 Å². The number of amides is 1. The molecule has 6 nitrogen and oxygen atoms in total. The number of aryl methyl sites for hydroxylation is 1. The van der Waals surface area contributed by atoms with Gasteiger partial charge in [-0.2, -0.15) is 0 Å². The van der Waals surface area contributed by atoms with Crippen molar-refractivity contribution >= 4 is 28.3 Å². The molecular weight excluding hydrogens is 350 g/mol. The number of likely N-dealkylation sites (N-methyl/N-ethyl adjacent to an activating group) is 1. The Bertz CT molecular complexity index is 912. The number of thiophene rings is 1. The van der Waals surface area contributed by atoms with E-state index in [9.17, 15) is 9.59 Å². The van der Waals surface area contributed by atoms with Gasteiger partial charge in [-0.3, -0.25) is 9.36 Å². The van der Waals surface area contributed by atoms with Crippen LogP contribution in [0.1, 0.15) is 23.8 Å². The van der Waals surface area contributed by atoms with E-state index >= 15 is 0 Å². The van der Waals surface area contributed by atoms with Crippen LogP contribution in [0.2, 0.25) is 0 Å². The van der Waals surface area contributed by atoms with E-state index in [0.29, 0.717) is 31.5 Å². The number of nitrogens with zero attached hydrogens (tertiary/aromatic N) is 2. The summed E-state index contributed by atoms with van der Waals surface area (Å²) < 4.78 is 6.79. The van der Waals surface area contributed by atoms with E-state index in [4.69, 9.17) is 4.42 Å². The smallest absolute Gasteiger partial charge is 0.408 e. The number of carbonyl (C=O) groups excluding carboxylic acids is 1. The predicted octanol–water partition coefficient (Wildman–Crippen LogP) is 2.86. The second kappa shape index (κ2) is 8.33. The minimum Gasteiger partial charge on any atom is -0.408 e. The van der Waals surface area contributed by atoms with Crippen LogP contribution in [0.5, 0.6) is 0 Å². The molecule has 0 spiro atoms. The van der Waals surface area contributed by atoms with Crippen LogP contribution in [0, 0.1) is 0 Å². The number of hydrogen-bond donors (Lipinski definition) is 1. The number of para-hydroxylation sites is 2. The lowest BCUT2D eigenvalue weighted by Gasteiger charge is -2.23. The summed E-state index contributed by atoms with van der Waals surface area (Å²) in [5, 5.41) is 5.04. The fraction of sp³-hybridized carbons (Fsp3) is 0.368. The highest BCUT2D eigenvalue weighted by Gasteiger charge is 2.16. The molecule has 0 bridgehead atoms. The number of rotatable bonds is 8. The van der Waals surface area contributed by atoms with E-state index in [1.165, 1.54) is 4.88 Å². The average Bonchev–Trinajstić information content (AvgIpc) is 3.23. The van der Waals surface area contributed by atoms with Gasteiger partial charge in [0.05, 0.1) is 11.6 Å². The molecule has 1 aromatic carbocycles. The Morgan fingerprint density at radius 2 is 2.08 bits per heavy atom. The first-order chi connectivity index (χ1) is 12.6. The highest BCUT2D eigenvalue weighted by molar-refractivity contribution is 7.10. The van der Waals surface area contributed by atoms with Crippen molar-refractivity contribution in [3.05, 3.63) is 57.2 Å². The van der Waals surface area contributed by atoms with E-state index in [-0.39, 0.29) is 17.7 Å². The van der Waals surface area contributed by atoms with Crippen LogP contribution >= 0.6 is 11.3 Å². The number of oxazole rings is 1.